The summed E-state index contributed by atoms with van der Waals surface area (Å²) in [5.41, 5.74) is 4.87. The fraction of sp³-hybridized carbons (Fsp3) is 0.222. The number of phenolic OH excluding ortho intramolecular Hbond substituents is 2. The summed E-state index contributed by atoms with van der Waals surface area (Å²) in [6.07, 6.45) is -0.0336. The first-order valence-corrected chi connectivity index (χ1v) is 4.50. The van der Waals surface area contributed by atoms with Gasteiger partial charge in [-0.1, -0.05) is 11.6 Å². The first-order chi connectivity index (χ1) is 6.99. The molecular formula is C9H9ClFNO3. The summed E-state index contributed by atoms with van der Waals surface area (Å²) in [5, 5.41) is 17.9. The molecule has 0 saturated carbocycles. The van der Waals surface area contributed by atoms with Crippen LogP contribution in [0.4, 0.5) is 4.39 Å². The van der Waals surface area contributed by atoms with Crippen LogP contribution in [-0.4, -0.2) is 22.5 Å². The molecule has 0 bridgehead atoms. The smallest absolute Gasteiger partial charge is 0.208 e. The second kappa shape index (κ2) is 4.46. The fourth-order valence-electron chi connectivity index (χ4n) is 1.08. The molecule has 82 valence electrons. The van der Waals surface area contributed by atoms with Gasteiger partial charge in [0.05, 0.1) is 10.6 Å². The Labute approximate surface area is 90.1 Å². The van der Waals surface area contributed by atoms with Gasteiger partial charge in [0, 0.05) is 6.42 Å². The van der Waals surface area contributed by atoms with Crippen molar-refractivity contribution in [2.75, 3.05) is 6.54 Å². The highest BCUT2D eigenvalue weighted by Crippen LogP contribution is 2.35. The molecule has 0 heterocycles. The molecule has 1 rings (SSSR count). The largest absolute Gasteiger partial charge is 0.504 e. The van der Waals surface area contributed by atoms with E-state index in [-0.39, 0.29) is 23.6 Å². The van der Waals surface area contributed by atoms with E-state index in [9.17, 15) is 14.3 Å². The summed E-state index contributed by atoms with van der Waals surface area (Å²) in [6.45, 7) is 0.0817. The fourth-order valence-corrected chi connectivity index (χ4v) is 1.27. The summed E-state index contributed by atoms with van der Waals surface area (Å²) in [4.78, 5) is 11.3. The minimum Gasteiger partial charge on any atom is -0.504 e. The first-order valence-electron chi connectivity index (χ1n) is 4.12. The van der Waals surface area contributed by atoms with Crippen molar-refractivity contribution in [1.82, 2.24) is 0 Å². The zero-order chi connectivity index (χ0) is 11.6. The van der Waals surface area contributed by atoms with Crippen molar-refractivity contribution < 1.29 is 19.4 Å². The molecular weight excluding hydrogens is 225 g/mol. The average molecular weight is 234 g/mol. The Morgan fingerprint density at radius 3 is 2.60 bits per heavy atom. The van der Waals surface area contributed by atoms with Crippen LogP contribution in [0.15, 0.2) is 6.07 Å². The van der Waals surface area contributed by atoms with Gasteiger partial charge in [-0.05, 0) is 12.6 Å². The van der Waals surface area contributed by atoms with Crippen molar-refractivity contribution in [2.24, 2.45) is 5.73 Å². The molecule has 0 aliphatic carbocycles. The maximum absolute atomic E-state index is 13.1. The number of hydrogen-bond donors (Lipinski definition) is 3. The van der Waals surface area contributed by atoms with Gasteiger partial charge < -0.3 is 15.9 Å². The highest BCUT2D eigenvalue weighted by molar-refractivity contribution is 6.32. The number of carbonyl (C=O) groups is 1. The minimum absolute atomic E-state index is 0.0336. The molecule has 0 amide bonds. The number of hydrogen-bond acceptors (Lipinski definition) is 4. The third kappa shape index (κ3) is 2.19. The van der Waals surface area contributed by atoms with Crippen molar-refractivity contribution in [2.45, 2.75) is 6.42 Å². The maximum atomic E-state index is 13.1. The van der Waals surface area contributed by atoms with Crippen molar-refractivity contribution in [3.05, 3.63) is 22.5 Å². The summed E-state index contributed by atoms with van der Waals surface area (Å²) in [6, 6.07) is 1.01. The van der Waals surface area contributed by atoms with Gasteiger partial charge >= 0.3 is 0 Å². The Balaban J connectivity index is 3.26. The van der Waals surface area contributed by atoms with Crippen LogP contribution in [-0.2, 0) is 0 Å². The molecule has 1 aromatic carbocycles. The van der Waals surface area contributed by atoms with Gasteiger partial charge in [-0.3, -0.25) is 4.79 Å². The van der Waals surface area contributed by atoms with E-state index in [1.54, 1.807) is 0 Å². The van der Waals surface area contributed by atoms with Crippen LogP contribution in [0, 0.1) is 5.82 Å². The Bertz CT molecular complexity index is 409. The lowest BCUT2D eigenvalue weighted by Gasteiger charge is -2.06. The summed E-state index contributed by atoms with van der Waals surface area (Å²) >= 11 is 5.45. The van der Waals surface area contributed by atoms with Crippen LogP contribution in [0.3, 0.4) is 0 Å². The topological polar surface area (TPSA) is 83.6 Å². The number of ketones is 1. The lowest BCUT2D eigenvalue weighted by molar-refractivity contribution is 0.0982. The molecule has 0 unspecified atom stereocenters. The van der Waals surface area contributed by atoms with Crippen molar-refractivity contribution in [3.63, 3.8) is 0 Å². The van der Waals surface area contributed by atoms with Gasteiger partial charge in [0.15, 0.2) is 17.3 Å². The van der Waals surface area contributed by atoms with Crippen molar-refractivity contribution >= 4 is 17.4 Å². The monoisotopic (exact) mass is 233 g/mol. The predicted molar refractivity (Wildman–Crippen MR) is 52.7 cm³/mol. The quantitative estimate of drug-likeness (QED) is 0.690. The van der Waals surface area contributed by atoms with Gasteiger partial charge in [-0.25, -0.2) is 0 Å². The Morgan fingerprint density at radius 1 is 1.47 bits per heavy atom. The van der Waals surface area contributed by atoms with Crippen molar-refractivity contribution in [1.29, 1.82) is 0 Å². The highest BCUT2D eigenvalue weighted by atomic mass is 35.5. The molecule has 0 fully saturated rings. The third-order valence-electron chi connectivity index (χ3n) is 1.84. The molecule has 4 N–H and O–H groups in total. The molecule has 0 aromatic heterocycles. The third-order valence-corrected chi connectivity index (χ3v) is 2.13. The number of carbonyl (C=O) groups excluding carboxylic acids is 1. The van der Waals surface area contributed by atoms with E-state index in [1.807, 2.05) is 0 Å². The lowest BCUT2D eigenvalue weighted by atomic mass is 10.1. The van der Waals surface area contributed by atoms with Crippen LogP contribution >= 0.6 is 11.6 Å². The van der Waals surface area contributed by atoms with Crippen LogP contribution in [0.2, 0.25) is 5.02 Å². The minimum atomic E-state index is -1.30. The van der Waals surface area contributed by atoms with Gasteiger partial charge in [-0.15, -0.1) is 0 Å². The Hall–Kier alpha value is -1.33. The summed E-state index contributed by atoms with van der Waals surface area (Å²) < 4.78 is 13.1. The van der Waals surface area contributed by atoms with E-state index in [4.69, 9.17) is 22.4 Å². The van der Waals surface area contributed by atoms with Gasteiger partial charge in [0.1, 0.15) is 0 Å². The molecule has 0 aliphatic heterocycles. The van der Waals surface area contributed by atoms with Gasteiger partial charge in [0.2, 0.25) is 5.82 Å². The number of Topliss-reactive ketones (excluding diaryl/α,β-unsaturated/α-hetero) is 1. The summed E-state index contributed by atoms with van der Waals surface area (Å²) in [5.74, 6) is -3.62. The zero-order valence-corrected chi connectivity index (χ0v) is 8.38. The second-order valence-corrected chi connectivity index (χ2v) is 3.29. The molecule has 6 heteroatoms. The Morgan fingerprint density at radius 2 is 2.07 bits per heavy atom. The second-order valence-electron chi connectivity index (χ2n) is 2.88. The van der Waals surface area contributed by atoms with E-state index in [0.29, 0.717) is 0 Å². The number of phenols is 2. The van der Waals surface area contributed by atoms with E-state index in [1.165, 1.54) is 0 Å². The number of rotatable bonds is 3. The highest BCUT2D eigenvalue weighted by Gasteiger charge is 2.20. The van der Waals surface area contributed by atoms with Crippen LogP contribution in [0.1, 0.15) is 16.8 Å². The maximum Gasteiger partial charge on any atom is 0.208 e. The Kier molecular flexibility index (Phi) is 3.49. The summed E-state index contributed by atoms with van der Waals surface area (Å²) in [7, 11) is 0. The van der Waals surface area contributed by atoms with E-state index in [2.05, 4.69) is 0 Å². The average Bonchev–Trinajstić information content (AvgIpc) is 2.20. The van der Waals surface area contributed by atoms with E-state index in [0.717, 1.165) is 6.07 Å². The first kappa shape index (κ1) is 11.7. The van der Waals surface area contributed by atoms with Crippen LogP contribution in [0.5, 0.6) is 11.5 Å². The molecule has 0 radical (unpaired) electrons. The molecule has 1 aromatic rings. The number of benzene rings is 1. The van der Waals surface area contributed by atoms with Crippen LogP contribution < -0.4 is 5.73 Å². The molecule has 0 aliphatic rings. The van der Waals surface area contributed by atoms with Crippen LogP contribution in [0.25, 0.3) is 0 Å². The molecule has 4 nitrogen and oxygen atoms in total. The van der Waals surface area contributed by atoms with Crippen molar-refractivity contribution in [3.8, 4) is 11.5 Å². The molecule has 0 saturated heterocycles. The standard InChI is InChI=1S/C9H9ClFNO3/c10-5-3-4(6(13)1-2-12)8(14)7(11)9(5)15/h3,14-15H,1-2,12H2. The SMILES string of the molecule is NCCC(=O)c1cc(Cl)c(O)c(F)c1O. The van der Waals surface area contributed by atoms with E-state index >= 15 is 0 Å². The number of nitrogens with two attached hydrogens (primary N) is 1. The van der Waals surface area contributed by atoms with Gasteiger partial charge in [0.25, 0.3) is 0 Å². The molecule has 15 heavy (non-hydrogen) atoms. The zero-order valence-electron chi connectivity index (χ0n) is 7.63. The number of aromatic hydroxyl groups is 2. The predicted octanol–water partition coefficient (Wildman–Crippen LogP) is 1.42. The van der Waals surface area contributed by atoms with Gasteiger partial charge in [-0.2, -0.15) is 4.39 Å². The normalized spacial score (nSPS) is 10.3. The molecule has 0 spiro atoms. The molecule has 0 atom stereocenters. The van der Waals surface area contributed by atoms with E-state index < -0.39 is 23.1 Å². The lowest BCUT2D eigenvalue weighted by Crippen LogP contribution is -2.08. The number of halogens is 2.